The number of benzene rings is 1. The molecule has 0 amide bonds. The van der Waals surface area contributed by atoms with Crippen molar-refractivity contribution in [1.29, 1.82) is 0 Å². The summed E-state index contributed by atoms with van der Waals surface area (Å²) in [5.41, 5.74) is 1.73. The Morgan fingerprint density at radius 3 is 2.45 bits per heavy atom. The van der Waals surface area contributed by atoms with Gasteiger partial charge in [-0.05, 0) is 17.6 Å². The van der Waals surface area contributed by atoms with Crippen LogP contribution >= 0.6 is 0 Å². The molecule has 0 bridgehead atoms. The summed E-state index contributed by atoms with van der Waals surface area (Å²) < 4.78 is 12.2. The van der Waals surface area contributed by atoms with Crippen LogP contribution in [0.15, 0.2) is 36.7 Å². The summed E-state index contributed by atoms with van der Waals surface area (Å²) in [5.74, 6) is 0. The van der Waals surface area contributed by atoms with Crippen LogP contribution in [-0.4, -0.2) is 0 Å². The highest BCUT2D eigenvalue weighted by molar-refractivity contribution is 5.63. The highest BCUT2D eigenvalue weighted by atomic mass is 19.1. The molecular formula is C10H11F. The quantitative estimate of drug-likeness (QED) is 0.606. The fourth-order valence-corrected chi connectivity index (χ4v) is 0.996. The maximum atomic E-state index is 12.2. The van der Waals surface area contributed by atoms with Crippen LogP contribution < -0.4 is 0 Å². The number of rotatable bonds is 2. The molecule has 0 aliphatic heterocycles. The van der Waals surface area contributed by atoms with Gasteiger partial charge in [0.05, 0.1) is 6.33 Å². The lowest BCUT2D eigenvalue weighted by atomic mass is 10.1. The first-order valence-corrected chi connectivity index (χ1v) is 3.73. The van der Waals surface area contributed by atoms with Crippen molar-refractivity contribution in [3.63, 3.8) is 0 Å². The van der Waals surface area contributed by atoms with Gasteiger partial charge in [-0.2, -0.15) is 0 Å². The lowest BCUT2D eigenvalue weighted by Gasteiger charge is -2.00. The van der Waals surface area contributed by atoms with Gasteiger partial charge in [-0.25, -0.2) is 4.39 Å². The maximum absolute atomic E-state index is 12.2. The van der Waals surface area contributed by atoms with Crippen LogP contribution in [0.3, 0.4) is 0 Å². The van der Waals surface area contributed by atoms with Gasteiger partial charge in [0.1, 0.15) is 0 Å². The van der Waals surface area contributed by atoms with E-state index in [0.29, 0.717) is 6.33 Å². The molecule has 0 unspecified atom stereocenters. The summed E-state index contributed by atoms with van der Waals surface area (Å²) in [6, 6.07) is 9.57. The molecule has 0 spiro atoms. The van der Waals surface area contributed by atoms with E-state index in [9.17, 15) is 4.39 Å². The predicted molar refractivity (Wildman–Crippen MR) is 45.8 cm³/mol. The SMILES string of the molecule is CC/C(=C\F)c1ccccc1. The zero-order valence-electron chi connectivity index (χ0n) is 6.55. The molecule has 0 saturated carbocycles. The van der Waals surface area contributed by atoms with E-state index in [2.05, 4.69) is 0 Å². The Kier molecular flexibility index (Phi) is 2.84. The normalized spacial score (nSPS) is 11.6. The van der Waals surface area contributed by atoms with Crippen LogP contribution in [0.2, 0.25) is 0 Å². The zero-order valence-corrected chi connectivity index (χ0v) is 6.55. The van der Waals surface area contributed by atoms with Crippen molar-refractivity contribution in [2.75, 3.05) is 0 Å². The van der Waals surface area contributed by atoms with Crippen LogP contribution in [0.4, 0.5) is 4.39 Å². The largest absolute Gasteiger partial charge is 0.215 e. The van der Waals surface area contributed by atoms with E-state index in [0.717, 1.165) is 17.6 Å². The van der Waals surface area contributed by atoms with Crippen molar-refractivity contribution in [3.8, 4) is 0 Å². The minimum absolute atomic E-state index is 0.676. The minimum atomic E-state index is 0.676. The molecule has 1 aromatic carbocycles. The van der Waals surface area contributed by atoms with E-state index in [4.69, 9.17) is 0 Å². The minimum Gasteiger partial charge on any atom is -0.215 e. The summed E-state index contributed by atoms with van der Waals surface area (Å²) in [7, 11) is 0. The molecule has 0 atom stereocenters. The number of hydrogen-bond acceptors (Lipinski definition) is 0. The van der Waals surface area contributed by atoms with Gasteiger partial charge in [-0.1, -0.05) is 37.3 Å². The Hall–Kier alpha value is -1.11. The summed E-state index contributed by atoms with van der Waals surface area (Å²) in [6.45, 7) is 1.94. The molecule has 0 saturated heterocycles. The Balaban J connectivity index is 2.92. The second-order valence-electron chi connectivity index (χ2n) is 2.35. The van der Waals surface area contributed by atoms with Crippen LogP contribution in [0.1, 0.15) is 18.9 Å². The average molecular weight is 150 g/mol. The summed E-state index contributed by atoms with van der Waals surface area (Å²) in [5, 5.41) is 0. The van der Waals surface area contributed by atoms with Crippen LogP contribution in [0.5, 0.6) is 0 Å². The highest BCUT2D eigenvalue weighted by Crippen LogP contribution is 2.16. The third-order valence-electron chi connectivity index (χ3n) is 1.66. The predicted octanol–water partition coefficient (Wildman–Crippen LogP) is 3.41. The van der Waals surface area contributed by atoms with Crippen molar-refractivity contribution in [1.82, 2.24) is 0 Å². The van der Waals surface area contributed by atoms with E-state index in [1.165, 1.54) is 0 Å². The molecule has 0 fully saturated rings. The van der Waals surface area contributed by atoms with Gasteiger partial charge in [-0.3, -0.25) is 0 Å². The molecule has 1 rings (SSSR count). The first-order chi connectivity index (χ1) is 5.38. The molecule has 0 N–H and O–H groups in total. The Morgan fingerprint density at radius 2 is 2.00 bits per heavy atom. The summed E-state index contributed by atoms with van der Waals surface area (Å²) >= 11 is 0. The van der Waals surface area contributed by atoms with Gasteiger partial charge in [0.15, 0.2) is 0 Å². The van der Waals surface area contributed by atoms with E-state index >= 15 is 0 Å². The second-order valence-corrected chi connectivity index (χ2v) is 2.35. The lowest BCUT2D eigenvalue weighted by Crippen LogP contribution is -1.79. The van der Waals surface area contributed by atoms with Crippen LogP contribution in [0.25, 0.3) is 5.57 Å². The van der Waals surface area contributed by atoms with Crippen molar-refractivity contribution in [2.45, 2.75) is 13.3 Å². The van der Waals surface area contributed by atoms with Crippen molar-refractivity contribution < 1.29 is 4.39 Å². The van der Waals surface area contributed by atoms with Crippen LogP contribution in [-0.2, 0) is 0 Å². The second kappa shape index (κ2) is 3.91. The summed E-state index contributed by atoms with van der Waals surface area (Å²) in [4.78, 5) is 0. The molecule has 0 aliphatic rings. The molecule has 0 radical (unpaired) electrons. The third kappa shape index (κ3) is 1.90. The van der Waals surface area contributed by atoms with Gasteiger partial charge in [0.25, 0.3) is 0 Å². The van der Waals surface area contributed by atoms with Gasteiger partial charge in [0, 0.05) is 0 Å². The molecule has 1 heteroatoms. The third-order valence-corrected chi connectivity index (χ3v) is 1.66. The fraction of sp³-hybridized carbons (Fsp3) is 0.200. The zero-order chi connectivity index (χ0) is 8.10. The molecule has 0 heterocycles. The number of allylic oxidation sites excluding steroid dienone is 1. The standard InChI is InChI=1S/C10H11F/c1-2-9(8-11)10-6-4-3-5-7-10/h3-8H,2H2,1H3/b9-8+. The molecule has 0 aliphatic carbocycles. The number of halogens is 1. The first kappa shape index (κ1) is 7.99. The fourth-order valence-electron chi connectivity index (χ4n) is 0.996. The number of hydrogen-bond donors (Lipinski definition) is 0. The monoisotopic (exact) mass is 150 g/mol. The van der Waals surface area contributed by atoms with Gasteiger partial charge >= 0.3 is 0 Å². The maximum Gasteiger partial charge on any atom is 0.0904 e. The topological polar surface area (TPSA) is 0 Å². The molecular weight excluding hydrogens is 139 g/mol. The van der Waals surface area contributed by atoms with Gasteiger partial charge in [0.2, 0.25) is 0 Å². The van der Waals surface area contributed by atoms with E-state index in [1.54, 1.807) is 0 Å². The van der Waals surface area contributed by atoms with Gasteiger partial charge in [-0.15, -0.1) is 0 Å². The first-order valence-electron chi connectivity index (χ1n) is 3.73. The van der Waals surface area contributed by atoms with E-state index in [-0.39, 0.29) is 0 Å². The Morgan fingerprint density at radius 1 is 1.36 bits per heavy atom. The van der Waals surface area contributed by atoms with E-state index < -0.39 is 0 Å². The van der Waals surface area contributed by atoms with Gasteiger partial charge < -0.3 is 0 Å². The van der Waals surface area contributed by atoms with Crippen LogP contribution in [0, 0.1) is 0 Å². The van der Waals surface area contributed by atoms with E-state index in [1.807, 2.05) is 37.3 Å². The average Bonchev–Trinajstić information content (AvgIpc) is 2.09. The molecule has 0 aromatic heterocycles. The molecule has 11 heavy (non-hydrogen) atoms. The Bertz CT molecular complexity index is 236. The molecule has 58 valence electrons. The summed E-state index contributed by atoms with van der Waals surface area (Å²) in [6.07, 6.45) is 1.41. The molecule has 1 aromatic rings. The molecule has 0 nitrogen and oxygen atoms in total. The highest BCUT2D eigenvalue weighted by Gasteiger charge is 1.95. The lowest BCUT2D eigenvalue weighted by molar-refractivity contribution is 0.720. The smallest absolute Gasteiger partial charge is 0.0904 e. The van der Waals surface area contributed by atoms with Crippen molar-refractivity contribution in [3.05, 3.63) is 42.2 Å². The van der Waals surface area contributed by atoms with Crippen molar-refractivity contribution in [2.24, 2.45) is 0 Å². The Labute approximate surface area is 66.4 Å². The van der Waals surface area contributed by atoms with Crippen molar-refractivity contribution >= 4 is 5.57 Å².